The Kier molecular flexibility index (Phi) is 5.74. The van der Waals surface area contributed by atoms with Crippen LogP contribution in [0.2, 0.25) is 0 Å². The summed E-state index contributed by atoms with van der Waals surface area (Å²) in [7, 11) is -3.66. The Hall–Kier alpha value is -2.17. The first-order chi connectivity index (χ1) is 12.5. The second-order valence-electron chi connectivity index (χ2n) is 5.36. The van der Waals surface area contributed by atoms with Gasteiger partial charge in [-0.15, -0.1) is 0 Å². The molecule has 3 aromatic rings. The molecule has 0 spiro atoms. The molecule has 0 unspecified atom stereocenters. The number of hydrogen-bond donors (Lipinski definition) is 2. The lowest BCUT2D eigenvalue weighted by molar-refractivity contribution is 0.102. The first kappa shape index (κ1) is 18.6. The minimum atomic E-state index is -3.66. The summed E-state index contributed by atoms with van der Waals surface area (Å²) in [5, 5.41) is 2.76. The molecule has 0 aliphatic heterocycles. The molecule has 0 atom stereocenters. The number of rotatable bonds is 6. The van der Waals surface area contributed by atoms with Gasteiger partial charge in [0.1, 0.15) is 5.76 Å². The number of halogens is 1. The van der Waals surface area contributed by atoms with E-state index in [-0.39, 0.29) is 17.3 Å². The van der Waals surface area contributed by atoms with Gasteiger partial charge in [-0.25, -0.2) is 13.1 Å². The zero-order chi connectivity index (χ0) is 18.6. The summed E-state index contributed by atoms with van der Waals surface area (Å²) in [6.07, 6.45) is 1.48. The molecule has 2 N–H and O–H groups in total. The van der Waals surface area contributed by atoms with Crippen LogP contribution in [-0.2, 0) is 16.6 Å². The quantitative estimate of drug-likeness (QED) is 0.526. The fraction of sp³-hybridized carbons (Fsp3) is 0.0556. The van der Waals surface area contributed by atoms with E-state index >= 15 is 0 Å². The number of benzene rings is 2. The third kappa shape index (κ3) is 4.51. The zero-order valence-corrected chi connectivity index (χ0v) is 16.5. The summed E-state index contributed by atoms with van der Waals surface area (Å²) < 4.78 is 33.0. The van der Waals surface area contributed by atoms with Crippen molar-refractivity contribution in [2.75, 3.05) is 5.32 Å². The van der Waals surface area contributed by atoms with Crippen LogP contribution in [0.5, 0.6) is 0 Å². The van der Waals surface area contributed by atoms with Gasteiger partial charge in [-0.1, -0.05) is 12.1 Å². The molecule has 0 aliphatic rings. The van der Waals surface area contributed by atoms with Gasteiger partial charge in [-0.05, 0) is 71.1 Å². The number of carbonyl (C=O) groups is 1. The number of carbonyl (C=O) groups excluding carboxylic acids is 1. The van der Waals surface area contributed by atoms with E-state index in [1.807, 2.05) is 12.1 Å². The number of nitrogens with one attached hydrogen (secondary N) is 2. The van der Waals surface area contributed by atoms with E-state index in [4.69, 9.17) is 4.42 Å². The molecule has 0 radical (unpaired) electrons. The van der Waals surface area contributed by atoms with Crippen LogP contribution in [0, 0.1) is 3.57 Å². The van der Waals surface area contributed by atoms with Gasteiger partial charge in [0.2, 0.25) is 10.0 Å². The van der Waals surface area contributed by atoms with Crippen molar-refractivity contribution in [3.05, 3.63) is 81.8 Å². The van der Waals surface area contributed by atoms with Crippen molar-refractivity contribution in [3.63, 3.8) is 0 Å². The van der Waals surface area contributed by atoms with E-state index in [9.17, 15) is 13.2 Å². The molecule has 1 amide bonds. The van der Waals surface area contributed by atoms with E-state index in [1.54, 1.807) is 36.4 Å². The maximum Gasteiger partial charge on any atom is 0.256 e. The average Bonchev–Trinajstić information content (AvgIpc) is 3.14. The van der Waals surface area contributed by atoms with E-state index in [0.717, 1.165) is 3.57 Å². The summed E-state index contributed by atoms with van der Waals surface area (Å²) >= 11 is 2.09. The summed E-state index contributed by atoms with van der Waals surface area (Å²) in [5.74, 6) is 0.275. The third-order valence-corrected chi connectivity index (χ3v) is 5.92. The van der Waals surface area contributed by atoms with Crippen molar-refractivity contribution in [3.8, 4) is 0 Å². The standard InChI is InChI=1S/C18H15IN2O4S/c19-17-6-2-1-5-16(17)18(22)21-13-7-9-15(10-8-13)26(23,24)20-12-14-4-3-11-25-14/h1-11,20H,12H2,(H,21,22). The second kappa shape index (κ2) is 8.02. The van der Waals surface area contributed by atoms with Gasteiger partial charge in [-0.2, -0.15) is 0 Å². The largest absolute Gasteiger partial charge is 0.468 e. The highest BCUT2D eigenvalue weighted by molar-refractivity contribution is 14.1. The van der Waals surface area contributed by atoms with Crippen molar-refractivity contribution in [2.24, 2.45) is 0 Å². The molecule has 0 aliphatic carbocycles. The predicted octanol–water partition coefficient (Wildman–Crippen LogP) is 3.62. The number of hydrogen-bond acceptors (Lipinski definition) is 4. The normalized spacial score (nSPS) is 11.3. The van der Waals surface area contributed by atoms with Gasteiger partial charge in [0.25, 0.3) is 5.91 Å². The first-order valence-electron chi connectivity index (χ1n) is 7.64. The molecule has 8 heteroatoms. The van der Waals surface area contributed by atoms with Crippen LogP contribution in [0.15, 0.2) is 76.2 Å². The Balaban J connectivity index is 1.68. The van der Waals surface area contributed by atoms with Crippen LogP contribution in [0.1, 0.15) is 16.1 Å². The summed E-state index contributed by atoms with van der Waals surface area (Å²) in [6, 6.07) is 16.6. The van der Waals surface area contributed by atoms with Crippen LogP contribution >= 0.6 is 22.6 Å². The number of sulfonamides is 1. The van der Waals surface area contributed by atoms with Crippen LogP contribution in [0.25, 0.3) is 0 Å². The Morgan fingerprint density at radius 2 is 1.73 bits per heavy atom. The molecule has 3 rings (SSSR count). The van der Waals surface area contributed by atoms with Gasteiger partial charge < -0.3 is 9.73 Å². The van der Waals surface area contributed by atoms with E-state index in [1.165, 1.54) is 18.4 Å². The van der Waals surface area contributed by atoms with Gasteiger partial charge in [-0.3, -0.25) is 4.79 Å². The number of amides is 1. The van der Waals surface area contributed by atoms with Crippen molar-refractivity contribution in [1.29, 1.82) is 0 Å². The predicted molar refractivity (Wildman–Crippen MR) is 106 cm³/mol. The van der Waals surface area contributed by atoms with E-state index in [2.05, 4.69) is 32.6 Å². The Morgan fingerprint density at radius 3 is 2.38 bits per heavy atom. The number of furan rings is 1. The van der Waals surface area contributed by atoms with Crippen molar-refractivity contribution < 1.29 is 17.6 Å². The number of anilines is 1. The van der Waals surface area contributed by atoms with Crippen molar-refractivity contribution in [2.45, 2.75) is 11.4 Å². The molecule has 0 bridgehead atoms. The summed E-state index contributed by atoms with van der Waals surface area (Å²) in [4.78, 5) is 12.4. The van der Waals surface area contributed by atoms with E-state index in [0.29, 0.717) is 17.0 Å². The lowest BCUT2D eigenvalue weighted by Crippen LogP contribution is -2.23. The molecule has 1 heterocycles. The molecular formula is C18H15IN2O4S. The monoisotopic (exact) mass is 482 g/mol. The summed E-state index contributed by atoms with van der Waals surface area (Å²) in [6.45, 7) is 0.0697. The molecule has 0 saturated heterocycles. The lowest BCUT2D eigenvalue weighted by Gasteiger charge is -2.09. The maximum absolute atomic E-state index is 12.3. The molecule has 1 aromatic heterocycles. The van der Waals surface area contributed by atoms with Crippen molar-refractivity contribution >= 4 is 44.2 Å². The maximum atomic E-state index is 12.3. The minimum absolute atomic E-state index is 0.0697. The van der Waals surface area contributed by atoms with Gasteiger partial charge >= 0.3 is 0 Å². The smallest absolute Gasteiger partial charge is 0.256 e. The van der Waals surface area contributed by atoms with Gasteiger partial charge in [0, 0.05) is 9.26 Å². The first-order valence-corrected chi connectivity index (χ1v) is 10.2. The van der Waals surface area contributed by atoms with Crippen LogP contribution in [0.3, 0.4) is 0 Å². The zero-order valence-electron chi connectivity index (χ0n) is 13.5. The van der Waals surface area contributed by atoms with Crippen molar-refractivity contribution in [1.82, 2.24) is 4.72 Å². The minimum Gasteiger partial charge on any atom is -0.468 e. The molecular weight excluding hydrogens is 467 g/mol. The highest BCUT2D eigenvalue weighted by atomic mass is 127. The van der Waals surface area contributed by atoms with Gasteiger partial charge in [0.15, 0.2) is 0 Å². The molecule has 2 aromatic carbocycles. The third-order valence-electron chi connectivity index (χ3n) is 3.56. The molecule has 0 fully saturated rings. The van der Waals surface area contributed by atoms with Crippen LogP contribution in [-0.4, -0.2) is 14.3 Å². The topological polar surface area (TPSA) is 88.4 Å². The lowest BCUT2D eigenvalue weighted by atomic mass is 10.2. The van der Waals surface area contributed by atoms with Crippen LogP contribution < -0.4 is 10.0 Å². The molecule has 134 valence electrons. The van der Waals surface area contributed by atoms with Crippen LogP contribution in [0.4, 0.5) is 5.69 Å². The van der Waals surface area contributed by atoms with E-state index < -0.39 is 10.0 Å². The Labute approximate surface area is 164 Å². The Bertz CT molecular complexity index is 1000. The van der Waals surface area contributed by atoms with Gasteiger partial charge in [0.05, 0.1) is 23.3 Å². The summed E-state index contributed by atoms with van der Waals surface area (Å²) in [5.41, 5.74) is 1.07. The SMILES string of the molecule is O=C(Nc1ccc(S(=O)(=O)NCc2ccco2)cc1)c1ccccc1I. The molecule has 0 saturated carbocycles. The fourth-order valence-corrected chi connectivity index (χ4v) is 3.85. The second-order valence-corrected chi connectivity index (χ2v) is 8.29. The Morgan fingerprint density at radius 1 is 1.00 bits per heavy atom. The molecule has 26 heavy (non-hydrogen) atoms. The highest BCUT2D eigenvalue weighted by Crippen LogP contribution is 2.17. The molecule has 6 nitrogen and oxygen atoms in total. The highest BCUT2D eigenvalue weighted by Gasteiger charge is 2.15. The fourth-order valence-electron chi connectivity index (χ4n) is 2.22. The average molecular weight is 482 g/mol.